The Hall–Kier alpha value is -2.04. The van der Waals surface area contributed by atoms with Crippen molar-refractivity contribution >= 4 is 27.3 Å². The molecule has 1 aliphatic rings. The smallest absolute Gasteiger partial charge is 0.274 e. The van der Waals surface area contributed by atoms with E-state index in [0.717, 1.165) is 18.2 Å². The van der Waals surface area contributed by atoms with Crippen LogP contribution in [0.15, 0.2) is 10.9 Å². The second kappa shape index (κ2) is 7.02. The van der Waals surface area contributed by atoms with Gasteiger partial charge in [0, 0.05) is 32.8 Å². The molecule has 1 aliphatic heterocycles. The van der Waals surface area contributed by atoms with Crippen LogP contribution in [0.4, 0.5) is 5.13 Å². The Bertz CT molecular complexity index is 752. The molecule has 1 fully saturated rings. The highest BCUT2D eigenvalue weighted by molar-refractivity contribution is 7.20. The van der Waals surface area contributed by atoms with E-state index in [2.05, 4.69) is 20.3 Å². The average Bonchev–Trinajstić information content (AvgIpc) is 2.98. The Balaban J connectivity index is 1.92. The van der Waals surface area contributed by atoms with Crippen molar-refractivity contribution in [3.63, 3.8) is 0 Å². The quantitative estimate of drug-likeness (QED) is 0.724. The van der Waals surface area contributed by atoms with E-state index in [4.69, 9.17) is 9.47 Å². The van der Waals surface area contributed by atoms with Gasteiger partial charge in [-0.3, -0.25) is 9.59 Å². The maximum atomic E-state index is 12.2. The van der Waals surface area contributed by atoms with Crippen LogP contribution in [0.25, 0.3) is 4.96 Å². The number of carbonyl (C=O) groups excluding carboxylic acids is 1. The SMILES string of the molecule is COCCNC(=O)c1cc(=O)nc2sc(N3CCOCC3)nn12. The molecule has 2 aromatic heterocycles. The van der Waals surface area contributed by atoms with Crippen molar-refractivity contribution in [2.45, 2.75) is 0 Å². The van der Waals surface area contributed by atoms with Crippen molar-refractivity contribution in [1.29, 1.82) is 0 Å². The first-order valence-electron chi connectivity index (χ1n) is 7.20. The standard InChI is InChI=1S/C13H17N5O4S/c1-21-5-2-14-11(20)9-8-10(19)15-12-18(9)16-13(23-12)17-3-6-22-7-4-17/h8H,2-7H2,1H3,(H,14,20). The van der Waals surface area contributed by atoms with Gasteiger partial charge in [-0.1, -0.05) is 11.3 Å². The van der Waals surface area contributed by atoms with E-state index in [9.17, 15) is 9.59 Å². The van der Waals surface area contributed by atoms with Gasteiger partial charge in [0.1, 0.15) is 5.69 Å². The van der Waals surface area contributed by atoms with E-state index >= 15 is 0 Å². The Labute approximate surface area is 135 Å². The molecule has 0 aliphatic carbocycles. The van der Waals surface area contributed by atoms with Crippen LogP contribution < -0.4 is 15.8 Å². The molecule has 3 heterocycles. The molecule has 0 unspecified atom stereocenters. The number of nitrogens with one attached hydrogen (secondary N) is 1. The monoisotopic (exact) mass is 339 g/mol. The molecule has 1 amide bonds. The highest BCUT2D eigenvalue weighted by atomic mass is 32.1. The van der Waals surface area contributed by atoms with E-state index in [0.29, 0.717) is 31.3 Å². The minimum absolute atomic E-state index is 0.173. The van der Waals surface area contributed by atoms with Gasteiger partial charge in [0.05, 0.1) is 19.8 Å². The number of ether oxygens (including phenoxy) is 2. The number of methoxy groups -OCH3 is 1. The van der Waals surface area contributed by atoms with Crippen molar-refractivity contribution in [2.24, 2.45) is 0 Å². The highest BCUT2D eigenvalue weighted by Crippen LogP contribution is 2.23. The number of carbonyl (C=O) groups is 1. The summed E-state index contributed by atoms with van der Waals surface area (Å²) in [6, 6.07) is 1.19. The zero-order valence-electron chi connectivity index (χ0n) is 12.7. The van der Waals surface area contributed by atoms with Crippen molar-refractivity contribution < 1.29 is 14.3 Å². The second-order valence-electron chi connectivity index (χ2n) is 4.91. The number of nitrogens with zero attached hydrogens (tertiary/aromatic N) is 4. The fraction of sp³-hybridized carbons (Fsp3) is 0.538. The Morgan fingerprint density at radius 1 is 1.48 bits per heavy atom. The minimum atomic E-state index is -0.459. The maximum absolute atomic E-state index is 12.2. The van der Waals surface area contributed by atoms with Gasteiger partial charge in [-0.25, -0.2) is 0 Å². The second-order valence-corrected chi connectivity index (χ2v) is 5.84. The molecule has 0 spiro atoms. The predicted molar refractivity (Wildman–Crippen MR) is 84.4 cm³/mol. The van der Waals surface area contributed by atoms with Gasteiger partial charge < -0.3 is 19.7 Å². The molecule has 9 nitrogen and oxygen atoms in total. The Morgan fingerprint density at radius 2 is 2.26 bits per heavy atom. The lowest BCUT2D eigenvalue weighted by Crippen LogP contribution is -2.36. The van der Waals surface area contributed by atoms with Crippen molar-refractivity contribution in [3.05, 3.63) is 22.1 Å². The number of rotatable bonds is 5. The maximum Gasteiger partial charge on any atom is 0.274 e. The largest absolute Gasteiger partial charge is 0.383 e. The molecular formula is C13H17N5O4S. The molecule has 1 saturated heterocycles. The van der Waals surface area contributed by atoms with Crippen LogP contribution in [0.3, 0.4) is 0 Å². The number of amides is 1. The van der Waals surface area contributed by atoms with E-state index in [1.54, 1.807) is 7.11 Å². The van der Waals surface area contributed by atoms with Gasteiger partial charge in [0.25, 0.3) is 11.5 Å². The highest BCUT2D eigenvalue weighted by Gasteiger charge is 2.19. The van der Waals surface area contributed by atoms with Crippen LogP contribution in [-0.2, 0) is 9.47 Å². The Kier molecular flexibility index (Phi) is 4.84. The number of hydrogen-bond donors (Lipinski definition) is 1. The first-order valence-corrected chi connectivity index (χ1v) is 8.01. The number of hydrogen-bond acceptors (Lipinski definition) is 8. The molecule has 0 radical (unpaired) electrons. The first-order chi connectivity index (χ1) is 11.2. The lowest BCUT2D eigenvalue weighted by molar-refractivity contribution is 0.0929. The van der Waals surface area contributed by atoms with E-state index in [1.807, 2.05) is 0 Å². The normalized spacial score (nSPS) is 15.1. The fourth-order valence-corrected chi connectivity index (χ4v) is 3.17. The molecule has 10 heteroatoms. The molecular weight excluding hydrogens is 322 g/mol. The average molecular weight is 339 g/mol. The van der Waals surface area contributed by atoms with Crippen LogP contribution in [0, 0.1) is 0 Å². The van der Waals surface area contributed by atoms with Gasteiger partial charge >= 0.3 is 0 Å². The third kappa shape index (κ3) is 3.49. The summed E-state index contributed by atoms with van der Waals surface area (Å²) < 4.78 is 11.6. The van der Waals surface area contributed by atoms with Crippen LogP contribution in [0.5, 0.6) is 0 Å². The Morgan fingerprint density at radius 3 is 3.00 bits per heavy atom. The molecule has 0 saturated carbocycles. The van der Waals surface area contributed by atoms with E-state index in [-0.39, 0.29) is 11.6 Å². The molecule has 0 aromatic carbocycles. The molecule has 23 heavy (non-hydrogen) atoms. The van der Waals surface area contributed by atoms with E-state index in [1.165, 1.54) is 21.9 Å². The van der Waals surface area contributed by atoms with Crippen LogP contribution >= 0.6 is 11.3 Å². The summed E-state index contributed by atoms with van der Waals surface area (Å²) in [5.74, 6) is -0.379. The van der Waals surface area contributed by atoms with Crippen molar-refractivity contribution in [3.8, 4) is 0 Å². The van der Waals surface area contributed by atoms with Gasteiger partial charge in [-0.15, -0.1) is 5.10 Å². The molecule has 0 bridgehead atoms. The lowest BCUT2D eigenvalue weighted by Gasteiger charge is -2.25. The van der Waals surface area contributed by atoms with E-state index < -0.39 is 5.56 Å². The van der Waals surface area contributed by atoms with Crippen LogP contribution in [0.2, 0.25) is 0 Å². The summed E-state index contributed by atoms with van der Waals surface area (Å²) in [5, 5.41) is 7.85. The number of anilines is 1. The lowest BCUT2D eigenvalue weighted by atomic mass is 10.4. The van der Waals surface area contributed by atoms with Crippen LogP contribution in [0.1, 0.15) is 10.5 Å². The number of fused-ring (bicyclic) bond motifs is 1. The number of aromatic nitrogens is 3. The number of morpholine rings is 1. The topological polar surface area (TPSA) is 98.1 Å². The zero-order chi connectivity index (χ0) is 16.2. The zero-order valence-corrected chi connectivity index (χ0v) is 13.5. The van der Waals surface area contributed by atoms with Crippen LogP contribution in [-0.4, -0.2) is 67.1 Å². The summed E-state index contributed by atoms with van der Waals surface area (Å²) in [4.78, 5) is 30.4. The summed E-state index contributed by atoms with van der Waals surface area (Å²) in [5.41, 5.74) is -0.286. The molecule has 124 valence electrons. The van der Waals surface area contributed by atoms with Gasteiger partial charge in [-0.05, 0) is 0 Å². The van der Waals surface area contributed by atoms with Gasteiger partial charge in [-0.2, -0.15) is 9.50 Å². The summed E-state index contributed by atoms with van der Waals surface area (Å²) in [7, 11) is 1.55. The molecule has 0 atom stereocenters. The van der Waals surface area contributed by atoms with Crippen molar-refractivity contribution in [1.82, 2.24) is 19.9 Å². The summed E-state index contributed by atoms with van der Waals surface area (Å²) >= 11 is 1.28. The molecule has 1 N–H and O–H groups in total. The minimum Gasteiger partial charge on any atom is -0.383 e. The summed E-state index contributed by atoms with van der Waals surface area (Å²) in [6.45, 7) is 3.45. The third-order valence-corrected chi connectivity index (χ3v) is 4.32. The summed E-state index contributed by atoms with van der Waals surface area (Å²) in [6.07, 6.45) is 0. The third-order valence-electron chi connectivity index (χ3n) is 3.35. The van der Waals surface area contributed by atoms with Gasteiger partial charge in [0.2, 0.25) is 10.1 Å². The molecule has 2 aromatic rings. The fourth-order valence-electron chi connectivity index (χ4n) is 2.21. The predicted octanol–water partition coefficient (Wildman–Crippen LogP) is -0.636. The van der Waals surface area contributed by atoms with Crippen molar-refractivity contribution in [2.75, 3.05) is 51.5 Å². The first kappa shape index (κ1) is 15.8. The van der Waals surface area contributed by atoms with Gasteiger partial charge in [0.15, 0.2) is 0 Å². The molecule has 3 rings (SSSR count).